The summed E-state index contributed by atoms with van der Waals surface area (Å²) in [6.07, 6.45) is 2.73. The first-order valence-electron chi connectivity index (χ1n) is 5.04. The molecule has 18 heavy (non-hydrogen) atoms. The van der Waals surface area contributed by atoms with Gasteiger partial charge in [0, 0.05) is 19.2 Å². The van der Waals surface area contributed by atoms with Crippen molar-refractivity contribution < 1.29 is 12.9 Å². The Morgan fingerprint density at radius 3 is 2.78 bits per heavy atom. The van der Waals surface area contributed by atoms with E-state index in [1.165, 1.54) is 24.7 Å². The molecule has 0 aliphatic heterocycles. The average molecular weight is 269 g/mol. The van der Waals surface area contributed by atoms with Crippen molar-refractivity contribution in [2.75, 3.05) is 12.3 Å². The minimum Gasteiger partial charge on any atom is -0.384 e. The molecule has 9 heteroatoms. The molecule has 0 bridgehead atoms. The number of nitrogen functional groups attached to an aromatic ring is 1. The second-order valence-electron chi connectivity index (χ2n) is 3.41. The van der Waals surface area contributed by atoms with Gasteiger partial charge in [0.05, 0.1) is 0 Å². The van der Waals surface area contributed by atoms with Crippen molar-refractivity contribution >= 4 is 15.8 Å². The highest BCUT2D eigenvalue weighted by Crippen LogP contribution is 2.08. The Kier molecular flexibility index (Phi) is 3.53. The van der Waals surface area contributed by atoms with E-state index in [0.29, 0.717) is 12.2 Å². The van der Waals surface area contributed by atoms with Crippen molar-refractivity contribution in [3.63, 3.8) is 0 Å². The molecule has 0 spiro atoms. The lowest BCUT2D eigenvalue weighted by Gasteiger charge is -2.05. The van der Waals surface area contributed by atoms with Crippen molar-refractivity contribution in [1.29, 1.82) is 0 Å². The zero-order chi connectivity index (χ0) is 13.0. The zero-order valence-electron chi connectivity index (χ0n) is 9.28. The topological polar surface area (TPSA) is 124 Å². The van der Waals surface area contributed by atoms with Crippen LogP contribution in [0.15, 0.2) is 34.1 Å². The van der Waals surface area contributed by atoms with E-state index in [9.17, 15) is 8.42 Å². The Bertz CT molecular complexity index is 594. The van der Waals surface area contributed by atoms with Crippen LogP contribution in [0.2, 0.25) is 0 Å². The number of nitrogens with zero attached hydrogens (tertiary/aromatic N) is 3. The fourth-order valence-corrected chi connectivity index (χ4v) is 2.21. The molecule has 0 amide bonds. The Morgan fingerprint density at radius 2 is 2.17 bits per heavy atom. The van der Waals surface area contributed by atoms with Gasteiger partial charge in [0.1, 0.15) is 10.7 Å². The summed E-state index contributed by atoms with van der Waals surface area (Å²) >= 11 is 0. The lowest BCUT2D eigenvalue weighted by Crippen LogP contribution is -2.26. The highest BCUT2D eigenvalue weighted by Gasteiger charge is 2.13. The Hall–Kier alpha value is -2.00. The standard InChI is InChI=1S/C9H11N5O3S/c10-8-2-1-7(5-11-8)18(15,16)13-4-3-9-12-6-17-14-9/h1-2,5-6,13H,3-4H2,(H2,10,11). The highest BCUT2D eigenvalue weighted by molar-refractivity contribution is 7.89. The lowest BCUT2D eigenvalue weighted by atomic mass is 10.4. The fraction of sp³-hybridized carbons (Fsp3) is 0.222. The van der Waals surface area contributed by atoms with Crippen LogP contribution in [-0.4, -0.2) is 30.1 Å². The van der Waals surface area contributed by atoms with Crippen LogP contribution in [0.1, 0.15) is 5.82 Å². The summed E-state index contributed by atoms with van der Waals surface area (Å²) in [5.41, 5.74) is 5.38. The van der Waals surface area contributed by atoms with E-state index in [2.05, 4.69) is 24.4 Å². The zero-order valence-corrected chi connectivity index (χ0v) is 10.1. The molecule has 2 aromatic rings. The third-order valence-electron chi connectivity index (χ3n) is 2.12. The SMILES string of the molecule is Nc1ccc(S(=O)(=O)NCCc2ncon2)cn1. The normalized spacial score (nSPS) is 11.6. The smallest absolute Gasteiger partial charge is 0.242 e. The molecule has 0 aliphatic rings. The van der Waals surface area contributed by atoms with Crippen LogP contribution >= 0.6 is 0 Å². The van der Waals surface area contributed by atoms with Gasteiger partial charge in [-0.25, -0.2) is 18.1 Å². The second kappa shape index (κ2) is 5.10. The molecule has 2 aromatic heterocycles. The van der Waals surface area contributed by atoms with Gasteiger partial charge in [-0.3, -0.25) is 0 Å². The second-order valence-corrected chi connectivity index (χ2v) is 5.18. The molecule has 3 N–H and O–H groups in total. The van der Waals surface area contributed by atoms with Crippen LogP contribution in [0.3, 0.4) is 0 Å². The van der Waals surface area contributed by atoms with Gasteiger partial charge in [0.2, 0.25) is 16.4 Å². The summed E-state index contributed by atoms with van der Waals surface area (Å²) in [7, 11) is -3.58. The summed E-state index contributed by atoms with van der Waals surface area (Å²) in [6, 6.07) is 2.81. The molecule has 2 heterocycles. The van der Waals surface area contributed by atoms with Crippen LogP contribution < -0.4 is 10.5 Å². The van der Waals surface area contributed by atoms with Crippen LogP contribution in [-0.2, 0) is 16.4 Å². The van der Waals surface area contributed by atoms with Crippen molar-refractivity contribution in [3.8, 4) is 0 Å². The van der Waals surface area contributed by atoms with Crippen LogP contribution in [0.5, 0.6) is 0 Å². The number of pyridine rings is 1. The molecule has 0 radical (unpaired) electrons. The summed E-state index contributed by atoms with van der Waals surface area (Å²) in [4.78, 5) is 7.56. The van der Waals surface area contributed by atoms with Gasteiger partial charge in [-0.05, 0) is 12.1 Å². The fourth-order valence-electron chi connectivity index (χ4n) is 1.23. The first-order chi connectivity index (χ1) is 8.58. The van der Waals surface area contributed by atoms with Crippen LogP contribution in [0, 0.1) is 0 Å². The third kappa shape index (κ3) is 3.02. The highest BCUT2D eigenvalue weighted by atomic mass is 32.2. The van der Waals surface area contributed by atoms with Gasteiger partial charge < -0.3 is 10.3 Å². The molecule has 0 saturated heterocycles. The van der Waals surface area contributed by atoms with Gasteiger partial charge >= 0.3 is 0 Å². The Balaban J connectivity index is 1.97. The maximum Gasteiger partial charge on any atom is 0.242 e. The van der Waals surface area contributed by atoms with Gasteiger partial charge in [-0.15, -0.1) is 0 Å². The third-order valence-corrected chi connectivity index (χ3v) is 3.56. The summed E-state index contributed by atoms with van der Waals surface area (Å²) in [5.74, 6) is 0.703. The molecule has 0 saturated carbocycles. The van der Waals surface area contributed by atoms with Crippen LogP contribution in [0.4, 0.5) is 5.82 Å². The number of hydrogen-bond acceptors (Lipinski definition) is 7. The van der Waals surface area contributed by atoms with E-state index in [1.54, 1.807) is 0 Å². The van der Waals surface area contributed by atoms with E-state index in [0.717, 1.165) is 0 Å². The monoisotopic (exact) mass is 269 g/mol. The number of rotatable bonds is 5. The molecule has 0 atom stereocenters. The number of hydrogen-bond donors (Lipinski definition) is 2. The molecule has 0 aromatic carbocycles. The molecule has 0 aliphatic carbocycles. The first-order valence-corrected chi connectivity index (χ1v) is 6.53. The molecule has 0 unspecified atom stereocenters. The van der Waals surface area contributed by atoms with Crippen LogP contribution in [0.25, 0.3) is 0 Å². The Labute approximate surface area is 103 Å². The number of sulfonamides is 1. The first kappa shape index (κ1) is 12.5. The minimum atomic E-state index is -3.58. The molecule has 0 fully saturated rings. The number of nitrogens with one attached hydrogen (secondary N) is 1. The molecule has 2 rings (SSSR count). The Morgan fingerprint density at radius 1 is 1.33 bits per heavy atom. The van der Waals surface area contributed by atoms with Crippen molar-refractivity contribution in [1.82, 2.24) is 19.8 Å². The van der Waals surface area contributed by atoms with Gasteiger partial charge in [0.15, 0.2) is 5.82 Å². The average Bonchev–Trinajstić information content (AvgIpc) is 2.82. The minimum absolute atomic E-state index is 0.0600. The maximum atomic E-state index is 11.8. The largest absolute Gasteiger partial charge is 0.384 e. The quantitative estimate of drug-likeness (QED) is 0.754. The van der Waals surface area contributed by atoms with E-state index in [-0.39, 0.29) is 17.3 Å². The molecule has 8 nitrogen and oxygen atoms in total. The molecule has 96 valence electrons. The van der Waals surface area contributed by atoms with E-state index in [4.69, 9.17) is 5.73 Å². The summed E-state index contributed by atoms with van der Waals surface area (Å²) in [6.45, 7) is 0.173. The number of aromatic nitrogens is 3. The predicted octanol–water partition coefficient (Wildman–Crippen LogP) is -0.432. The lowest BCUT2D eigenvalue weighted by molar-refractivity contribution is 0.410. The van der Waals surface area contributed by atoms with Crippen molar-refractivity contribution in [2.45, 2.75) is 11.3 Å². The van der Waals surface area contributed by atoms with Crippen molar-refractivity contribution in [2.24, 2.45) is 0 Å². The molecular formula is C9H11N5O3S. The molecular weight excluding hydrogens is 258 g/mol. The maximum absolute atomic E-state index is 11.8. The predicted molar refractivity (Wildman–Crippen MR) is 61.8 cm³/mol. The summed E-state index contributed by atoms with van der Waals surface area (Å²) < 4.78 is 30.6. The summed E-state index contributed by atoms with van der Waals surface area (Å²) in [5, 5.41) is 3.57. The van der Waals surface area contributed by atoms with Gasteiger partial charge in [-0.2, -0.15) is 4.98 Å². The number of anilines is 1. The van der Waals surface area contributed by atoms with E-state index in [1.807, 2.05) is 0 Å². The number of nitrogens with two attached hydrogens (primary N) is 1. The van der Waals surface area contributed by atoms with Crippen molar-refractivity contribution in [3.05, 3.63) is 30.5 Å². The van der Waals surface area contributed by atoms with E-state index < -0.39 is 10.0 Å². The van der Waals surface area contributed by atoms with E-state index >= 15 is 0 Å². The van der Waals surface area contributed by atoms with Gasteiger partial charge in [0.25, 0.3) is 0 Å². The van der Waals surface area contributed by atoms with Gasteiger partial charge in [-0.1, -0.05) is 5.16 Å².